The molecule has 0 saturated carbocycles. The van der Waals surface area contributed by atoms with Crippen LogP contribution in [0.5, 0.6) is 0 Å². The molecule has 0 spiro atoms. The van der Waals surface area contributed by atoms with E-state index < -0.39 is 10.0 Å². The minimum Gasteiger partial charge on any atom is -0.342 e. The van der Waals surface area contributed by atoms with Crippen molar-refractivity contribution in [2.75, 3.05) is 12.4 Å². The van der Waals surface area contributed by atoms with E-state index in [0.717, 1.165) is 5.56 Å². The van der Waals surface area contributed by atoms with Gasteiger partial charge in [0.25, 0.3) is 5.91 Å². The monoisotopic (exact) mass is 403 g/mol. The number of benzene rings is 2. The van der Waals surface area contributed by atoms with Gasteiger partial charge < -0.3 is 10.2 Å². The van der Waals surface area contributed by atoms with E-state index in [1.165, 1.54) is 31.2 Å². The van der Waals surface area contributed by atoms with Gasteiger partial charge in [-0.3, -0.25) is 9.59 Å². The standard InChI is InChI=1S/C20H25N3O4S/c1-14(2)22-28(26,27)19-10-8-17(9-11-19)20(25)21-18-7-5-6-16(12-18)13-23(4)15(3)24/h5-12,14,22H,13H2,1-4H3,(H,21,25). The summed E-state index contributed by atoms with van der Waals surface area (Å²) in [5, 5.41) is 2.78. The summed E-state index contributed by atoms with van der Waals surface area (Å²) < 4.78 is 26.8. The molecule has 0 aromatic heterocycles. The van der Waals surface area contributed by atoms with Crippen LogP contribution in [0.2, 0.25) is 0 Å². The van der Waals surface area contributed by atoms with E-state index in [0.29, 0.717) is 17.8 Å². The first-order valence-electron chi connectivity index (χ1n) is 8.83. The first-order valence-corrected chi connectivity index (χ1v) is 10.3. The fourth-order valence-electron chi connectivity index (χ4n) is 2.50. The number of hydrogen-bond donors (Lipinski definition) is 2. The molecule has 0 saturated heterocycles. The van der Waals surface area contributed by atoms with Crippen LogP contribution in [0.4, 0.5) is 5.69 Å². The predicted octanol–water partition coefficient (Wildman–Crippen LogP) is 2.60. The zero-order valence-electron chi connectivity index (χ0n) is 16.4. The first-order chi connectivity index (χ1) is 13.1. The molecule has 0 aliphatic rings. The quantitative estimate of drug-likeness (QED) is 0.743. The molecule has 0 atom stereocenters. The Labute approximate surface area is 165 Å². The Balaban J connectivity index is 2.10. The normalized spacial score (nSPS) is 11.3. The highest BCUT2D eigenvalue weighted by molar-refractivity contribution is 7.89. The lowest BCUT2D eigenvalue weighted by atomic mass is 10.1. The molecular formula is C20H25N3O4S. The minimum absolute atomic E-state index is 0.0450. The minimum atomic E-state index is -3.60. The highest BCUT2D eigenvalue weighted by atomic mass is 32.2. The molecule has 7 nitrogen and oxygen atoms in total. The molecule has 0 fully saturated rings. The van der Waals surface area contributed by atoms with Crippen LogP contribution in [0.1, 0.15) is 36.7 Å². The number of sulfonamides is 1. The maximum absolute atomic E-state index is 12.5. The van der Waals surface area contributed by atoms with E-state index in [1.54, 1.807) is 44.0 Å². The molecule has 2 rings (SSSR count). The van der Waals surface area contributed by atoms with Crippen LogP contribution in [0.15, 0.2) is 53.4 Å². The average molecular weight is 404 g/mol. The van der Waals surface area contributed by atoms with Crippen molar-refractivity contribution in [3.8, 4) is 0 Å². The smallest absolute Gasteiger partial charge is 0.255 e. The second kappa shape index (κ2) is 8.99. The van der Waals surface area contributed by atoms with Gasteiger partial charge in [-0.1, -0.05) is 12.1 Å². The molecule has 150 valence electrons. The van der Waals surface area contributed by atoms with E-state index in [-0.39, 0.29) is 22.8 Å². The molecular weight excluding hydrogens is 378 g/mol. The summed E-state index contributed by atoms with van der Waals surface area (Å²) in [4.78, 5) is 25.5. The second-order valence-corrected chi connectivity index (χ2v) is 8.54. The van der Waals surface area contributed by atoms with Crippen molar-refractivity contribution in [3.05, 3.63) is 59.7 Å². The van der Waals surface area contributed by atoms with Gasteiger partial charge in [0.1, 0.15) is 0 Å². The number of amides is 2. The maximum atomic E-state index is 12.5. The van der Waals surface area contributed by atoms with Crippen molar-refractivity contribution in [3.63, 3.8) is 0 Å². The zero-order valence-corrected chi connectivity index (χ0v) is 17.2. The summed E-state index contributed by atoms with van der Waals surface area (Å²) in [6.07, 6.45) is 0. The predicted molar refractivity (Wildman–Crippen MR) is 108 cm³/mol. The molecule has 0 aliphatic heterocycles. The number of anilines is 1. The third-order valence-electron chi connectivity index (χ3n) is 3.96. The van der Waals surface area contributed by atoms with Crippen molar-refractivity contribution < 1.29 is 18.0 Å². The third-order valence-corrected chi connectivity index (χ3v) is 5.63. The van der Waals surface area contributed by atoms with Gasteiger partial charge in [-0.25, -0.2) is 13.1 Å². The summed E-state index contributed by atoms with van der Waals surface area (Å²) >= 11 is 0. The molecule has 2 aromatic rings. The van der Waals surface area contributed by atoms with Crippen molar-refractivity contribution in [2.24, 2.45) is 0 Å². The Hall–Kier alpha value is -2.71. The van der Waals surface area contributed by atoms with Crippen molar-refractivity contribution in [1.82, 2.24) is 9.62 Å². The molecule has 0 radical (unpaired) electrons. The van der Waals surface area contributed by atoms with Crippen molar-refractivity contribution in [2.45, 2.75) is 38.3 Å². The van der Waals surface area contributed by atoms with Crippen LogP contribution < -0.4 is 10.0 Å². The lowest BCUT2D eigenvalue weighted by Gasteiger charge is -2.15. The van der Waals surface area contributed by atoms with Gasteiger partial charge in [-0.15, -0.1) is 0 Å². The topological polar surface area (TPSA) is 95.6 Å². The van der Waals surface area contributed by atoms with Gasteiger partial charge in [0, 0.05) is 37.8 Å². The molecule has 0 bridgehead atoms. The van der Waals surface area contributed by atoms with Crippen LogP contribution in [0.3, 0.4) is 0 Å². The van der Waals surface area contributed by atoms with Gasteiger partial charge >= 0.3 is 0 Å². The fourth-order valence-corrected chi connectivity index (χ4v) is 3.75. The molecule has 2 amide bonds. The van der Waals surface area contributed by atoms with E-state index in [4.69, 9.17) is 0 Å². The first kappa shape index (κ1) is 21.6. The number of hydrogen-bond acceptors (Lipinski definition) is 4. The summed E-state index contributed by atoms with van der Waals surface area (Å²) in [5.41, 5.74) is 1.82. The second-order valence-electron chi connectivity index (χ2n) is 6.83. The van der Waals surface area contributed by atoms with Gasteiger partial charge in [-0.05, 0) is 55.8 Å². The van der Waals surface area contributed by atoms with Gasteiger partial charge in [0.15, 0.2) is 0 Å². The lowest BCUT2D eigenvalue weighted by Crippen LogP contribution is -2.30. The number of carbonyl (C=O) groups is 2. The largest absolute Gasteiger partial charge is 0.342 e. The molecule has 0 unspecified atom stereocenters. The third kappa shape index (κ3) is 5.90. The molecule has 8 heteroatoms. The van der Waals surface area contributed by atoms with E-state index in [2.05, 4.69) is 10.0 Å². The highest BCUT2D eigenvalue weighted by Crippen LogP contribution is 2.16. The Morgan fingerprint density at radius 2 is 1.71 bits per heavy atom. The molecule has 0 heterocycles. The highest BCUT2D eigenvalue weighted by Gasteiger charge is 2.16. The van der Waals surface area contributed by atoms with Crippen LogP contribution in [-0.4, -0.2) is 38.2 Å². The van der Waals surface area contributed by atoms with Crippen LogP contribution in [-0.2, 0) is 21.4 Å². The van der Waals surface area contributed by atoms with E-state index >= 15 is 0 Å². The number of nitrogens with zero attached hydrogens (tertiary/aromatic N) is 1. The Bertz CT molecular complexity index is 954. The summed E-state index contributed by atoms with van der Waals surface area (Å²) in [7, 11) is -1.89. The Morgan fingerprint density at radius 3 is 2.29 bits per heavy atom. The Morgan fingerprint density at radius 1 is 1.07 bits per heavy atom. The number of rotatable bonds is 7. The fraction of sp³-hybridized carbons (Fsp3) is 0.300. The van der Waals surface area contributed by atoms with E-state index in [9.17, 15) is 18.0 Å². The molecule has 2 aromatic carbocycles. The van der Waals surface area contributed by atoms with Gasteiger partial charge in [0.05, 0.1) is 4.90 Å². The summed E-state index contributed by atoms with van der Waals surface area (Å²) in [5.74, 6) is -0.394. The van der Waals surface area contributed by atoms with E-state index in [1.807, 2.05) is 6.07 Å². The van der Waals surface area contributed by atoms with Gasteiger partial charge in [0.2, 0.25) is 15.9 Å². The number of nitrogens with one attached hydrogen (secondary N) is 2. The van der Waals surface area contributed by atoms with Crippen molar-refractivity contribution in [1.29, 1.82) is 0 Å². The van der Waals surface area contributed by atoms with Crippen LogP contribution >= 0.6 is 0 Å². The van der Waals surface area contributed by atoms with Crippen LogP contribution in [0.25, 0.3) is 0 Å². The SMILES string of the molecule is CC(=O)N(C)Cc1cccc(NC(=O)c2ccc(S(=O)(=O)NC(C)C)cc2)c1. The number of carbonyl (C=O) groups excluding carboxylic acids is 2. The Kier molecular flexibility index (Phi) is 6.93. The van der Waals surface area contributed by atoms with Gasteiger partial charge in [-0.2, -0.15) is 0 Å². The zero-order chi connectivity index (χ0) is 20.9. The summed E-state index contributed by atoms with van der Waals surface area (Å²) in [6.45, 7) is 5.41. The summed E-state index contributed by atoms with van der Waals surface area (Å²) in [6, 6.07) is 12.7. The molecule has 28 heavy (non-hydrogen) atoms. The molecule has 0 aliphatic carbocycles. The lowest BCUT2D eigenvalue weighted by molar-refractivity contribution is -0.128. The molecule has 2 N–H and O–H groups in total. The van der Waals surface area contributed by atoms with Crippen molar-refractivity contribution >= 4 is 27.5 Å². The van der Waals surface area contributed by atoms with Crippen LogP contribution in [0, 0.1) is 0 Å². The average Bonchev–Trinajstić information content (AvgIpc) is 2.61. The maximum Gasteiger partial charge on any atom is 0.255 e.